The Morgan fingerprint density at radius 2 is 2.46 bits per heavy atom. The minimum Gasteiger partial charge on any atom is -0.481 e. The molecule has 0 fully saturated rings. The van der Waals surface area contributed by atoms with Gasteiger partial charge in [-0.25, -0.2) is 0 Å². The summed E-state index contributed by atoms with van der Waals surface area (Å²) in [5.41, 5.74) is 0. The van der Waals surface area contributed by atoms with E-state index in [0.29, 0.717) is 5.02 Å². The van der Waals surface area contributed by atoms with Crippen molar-refractivity contribution in [2.24, 2.45) is 0 Å². The third-order valence-corrected chi connectivity index (χ3v) is 2.48. The summed E-state index contributed by atoms with van der Waals surface area (Å²) < 4.78 is 12.4. The molecular formula is C6H7ClN2O3S. The van der Waals surface area contributed by atoms with Crippen molar-refractivity contribution in [2.45, 2.75) is 5.88 Å². The molecule has 1 heterocycles. The quantitative estimate of drug-likeness (QED) is 0.797. The molecule has 1 aromatic heterocycles. The SMILES string of the molecule is O=C(O)CS(=O)Cn1cc(Cl)cn1. The number of carbonyl (C=O) groups is 1. The summed E-state index contributed by atoms with van der Waals surface area (Å²) in [7, 11) is -1.45. The van der Waals surface area contributed by atoms with Gasteiger partial charge in [0.2, 0.25) is 0 Å². The number of aliphatic carboxylic acids is 1. The first-order chi connectivity index (χ1) is 6.08. The van der Waals surface area contributed by atoms with Gasteiger partial charge in [0, 0.05) is 6.20 Å². The van der Waals surface area contributed by atoms with Gasteiger partial charge < -0.3 is 5.11 Å². The Balaban J connectivity index is 2.50. The van der Waals surface area contributed by atoms with E-state index in [1.54, 1.807) is 0 Å². The summed E-state index contributed by atoms with van der Waals surface area (Å²) in [6.45, 7) is 0. The first kappa shape index (κ1) is 10.2. The Morgan fingerprint density at radius 3 is 2.92 bits per heavy atom. The molecule has 0 aliphatic rings. The van der Waals surface area contributed by atoms with Crippen molar-refractivity contribution in [1.82, 2.24) is 9.78 Å². The van der Waals surface area contributed by atoms with Crippen LogP contribution in [-0.2, 0) is 21.5 Å². The first-order valence-electron chi connectivity index (χ1n) is 3.32. The topological polar surface area (TPSA) is 72.2 Å². The fourth-order valence-electron chi connectivity index (χ4n) is 0.740. The third kappa shape index (κ3) is 3.56. The zero-order chi connectivity index (χ0) is 9.84. The van der Waals surface area contributed by atoms with Crippen LogP contribution in [0.15, 0.2) is 12.4 Å². The van der Waals surface area contributed by atoms with E-state index in [0.717, 1.165) is 0 Å². The molecule has 0 saturated carbocycles. The number of carboxylic acid groups (broad SMARTS) is 1. The molecule has 72 valence electrons. The zero-order valence-electron chi connectivity index (χ0n) is 6.51. The summed E-state index contributed by atoms with van der Waals surface area (Å²) >= 11 is 5.55. The Kier molecular flexibility index (Phi) is 3.44. The molecule has 0 spiro atoms. The Labute approximate surface area is 81.8 Å². The van der Waals surface area contributed by atoms with E-state index in [1.807, 2.05) is 0 Å². The summed E-state index contributed by atoms with van der Waals surface area (Å²) in [5.74, 6) is -1.41. The number of carboxylic acids is 1. The fraction of sp³-hybridized carbons (Fsp3) is 0.333. The van der Waals surface area contributed by atoms with Crippen molar-refractivity contribution in [2.75, 3.05) is 5.75 Å². The minimum absolute atomic E-state index is 0.0546. The van der Waals surface area contributed by atoms with Gasteiger partial charge in [0.25, 0.3) is 0 Å². The van der Waals surface area contributed by atoms with Crippen molar-refractivity contribution >= 4 is 28.4 Å². The minimum atomic E-state index is -1.45. The molecule has 1 rings (SSSR count). The normalized spacial score (nSPS) is 12.7. The van der Waals surface area contributed by atoms with Crippen LogP contribution in [0.5, 0.6) is 0 Å². The van der Waals surface area contributed by atoms with Crippen molar-refractivity contribution in [3.05, 3.63) is 17.4 Å². The van der Waals surface area contributed by atoms with E-state index in [-0.39, 0.29) is 11.6 Å². The standard InChI is InChI=1S/C6H7ClN2O3S/c7-5-1-8-9(2-5)4-13(12)3-6(10)11/h1-2H,3-4H2,(H,10,11). The molecule has 0 aliphatic carbocycles. The number of halogens is 1. The van der Waals surface area contributed by atoms with Gasteiger partial charge in [-0.2, -0.15) is 5.10 Å². The predicted molar refractivity (Wildman–Crippen MR) is 47.9 cm³/mol. The van der Waals surface area contributed by atoms with Crippen LogP contribution in [0.25, 0.3) is 0 Å². The highest BCUT2D eigenvalue weighted by atomic mass is 35.5. The highest BCUT2D eigenvalue weighted by molar-refractivity contribution is 7.84. The molecule has 1 N–H and O–H groups in total. The van der Waals surface area contributed by atoms with Gasteiger partial charge in [0.1, 0.15) is 11.6 Å². The van der Waals surface area contributed by atoms with E-state index >= 15 is 0 Å². The number of hydrogen-bond acceptors (Lipinski definition) is 3. The molecule has 1 aromatic rings. The second kappa shape index (κ2) is 4.38. The summed E-state index contributed by atoms with van der Waals surface area (Å²) in [5, 5.41) is 12.5. The van der Waals surface area contributed by atoms with Gasteiger partial charge in [0.05, 0.1) is 22.0 Å². The lowest BCUT2D eigenvalue weighted by atomic mass is 10.7. The van der Waals surface area contributed by atoms with E-state index < -0.39 is 16.8 Å². The zero-order valence-corrected chi connectivity index (χ0v) is 8.09. The predicted octanol–water partition coefficient (Wildman–Crippen LogP) is 0.327. The molecule has 0 aliphatic heterocycles. The summed E-state index contributed by atoms with van der Waals surface area (Å²) in [4.78, 5) is 10.2. The molecule has 5 nitrogen and oxygen atoms in total. The third-order valence-electron chi connectivity index (χ3n) is 1.16. The first-order valence-corrected chi connectivity index (χ1v) is 5.19. The molecule has 0 amide bonds. The maximum absolute atomic E-state index is 11.1. The smallest absolute Gasteiger partial charge is 0.316 e. The largest absolute Gasteiger partial charge is 0.481 e. The Bertz CT molecular complexity index is 338. The number of nitrogens with zero attached hydrogens (tertiary/aromatic N) is 2. The fourth-order valence-corrected chi connectivity index (χ4v) is 1.70. The van der Waals surface area contributed by atoms with Gasteiger partial charge in [-0.15, -0.1) is 0 Å². The van der Waals surface area contributed by atoms with Crippen LogP contribution in [0.2, 0.25) is 5.02 Å². The van der Waals surface area contributed by atoms with Gasteiger partial charge in [-0.05, 0) is 0 Å². The van der Waals surface area contributed by atoms with Crippen LogP contribution in [-0.4, -0.2) is 30.8 Å². The lowest BCUT2D eigenvalue weighted by Crippen LogP contribution is -2.14. The van der Waals surface area contributed by atoms with Crippen molar-refractivity contribution in [1.29, 1.82) is 0 Å². The van der Waals surface area contributed by atoms with E-state index in [2.05, 4.69) is 5.10 Å². The maximum atomic E-state index is 11.1. The molecule has 1 unspecified atom stereocenters. The van der Waals surface area contributed by atoms with Crippen LogP contribution < -0.4 is 0 Å². The summed E-state index contributed by atoms with van der Waals surface area (Å²) in [6, 6.07) is 0. The van der Waals surface area contributed by atoms with Crippen LogP contribution in [0.1, 0.15) is 0 Å². The van der Waals surface area contributed by atoms with Crippen molar-refractivity contribution in [3.8, 4) is 0 Å². The summed E-state index contributed by atoms with van der Waals surface area (Å²) in [6.07, 6.45) is 2.89. The molecule has 7 heteroatoms. The molecule has 0 radical (unpaired) electrons. The van der Waals surface area contributed by atoms with Crippen LogP contribution in [0, 0.1) is 0 Å². The second-order valence-electron chi connectivity index (χ2n) is 2.31. The van der Waals surface area contributed by atoms with Crippen LogP contribution in [0.4, 0.5) is 0 Å². The van der Waals surface area contributed by atoms with Gasteiger partial charge >= 0.3 is 5.97 Å². The maximum Gasteiger partial charge on any atom is 0.316 e. The molecular weight excluding hydrogens is 216 g/mol. The second-order valence-corrected chi connectivity index (χ2v) is 4.17. The number of hydrogen-bond donors (Lipinski definition) is 1. The lowest BCUT2D eigenvalue weighted by molar-refractivity contribution is -0.133. The highest BCUT2D eigenvalue weighted by Gasteiger charge is 2.06. The Hall–Kier alpha value is -0.880. The molecule has 0 bridgehead atoms. The van der Waals surface area contributed by atoms with Crippen molar-refractivity contribution in [3.63, 3.8) is 0 Å². The number of rotatable bonds is 4. The van der Waals surface area contributed by atoms with E-state index in [9.17, 15) is 9.00 Å². The average molecular weight is 223 g/mol. The highest BCUT2D eigenvalue weighted by Crippen LogP contribution is 2.04. The monoisotopic (exact) mass is 222 g/mol. The van der Waals surface area contributed by atoms with Gasteiger partial charge in [-0.3, -0.25) is 13.7 Å². The van der Waals surface area contributed by atoms with Crippen molar-refractivity contribution < 1.29 is 14.1 Å². The average Bonchev–Trinajstić information content (AvgIpc) is 2.33. The molecule has 1 atom stereocenters. The molecule has 0 saturated heterocycles. The van der Waals surface area contributed by atoms with E-state index in [4.69, 9.17) is 16.7 Å². The number of aromatic nitrogens is 2. The lowest BCUT2D eigenvalue weighted by Gasteiger charge is -1.98. The van der Waals surface area contributed by atoms with E-state index in [1.165, 1.54) is 17.1 Å². The van der Waals surface area contributed by atoms with Crippen LogP contribution in [0.3, 0.4) is 0 Å². The molecule has 13 heavy (non-hydrogen) atoms. The Morgan fingerprint density at radius 1 is 1.77 bits per heavy atom. The van der Waals surface area contributed by atoms with Crippen LogP contribution >= 0.6 is 11.6 Å². The molecule has 0 aromatic carbocycles. The van der Waals surface area contributed by atoms with Gasteiger partial charge in [-0.1, -0.05) is 11.6 Å². The van der Waals surface area contributed by atoms with Gasteiger partial charge in [0.15, 0.2) is 0 Å².